The predicted octanol–water partition coefficient (Wildman–Crippen LogP) is 2.95. The Hall–Kier alpha value is 1.04. The van der Waals surface area contributed by atoms with E-state index >= 15 is 0 Å². The van der Waals surface area contributed by atoms with E-state index in [1.807, 2.05) is 8.93 Å². The van der Waals surface area contributed by atoms with Crippen molar-refractivity contribution in [1.82, 2.24) is 4.90 Å². The van der Waals surface area contributed by atoms with Crippen molar-refractivity contribution in [3.05, 3.63) is 0 Å². The van der Waals surface area contributed by atoms with Gasteiger partial charge >= 0.3 is 0 Å². The maximum atomic E-state index is 2.61. The monoisotopic (exact) mass is 285 g/mol. The Kier molecular flexibility index (Phi) is 6.02. The molecule has 0 spiro atoms. The molecule has 0 aliphatic carbocycles. The van der Waals surface area contributed by atoms with Crippen LogP contribution in [-0.2, 0) is 0 Å². The molecule has 1 aliphatic heterocycles. The van der Waals surface area contributed by atoms with Gasteiger partial charge in [-0.3, -0.25) is 0 Å². The zero-order chi connectivity index (χ0) is 7.94. The number of halogens is 1. The van der Waals surface area contributed by atoms with Crippen LogP contribution in [0, 0.1) is 0 Å². The molecular formula is C8H16INS. The smallest absolute Gasteiger partial charge is 0.0161 e. The maximum absolute atomic E-state index is 2.61. The van der Waals surface area contributed by atoms with E-state index in [0.717, 1.165) is 0 Å². The summed E-state index contributed by atoms with van der Waals surface area (Å²) in [5, 5.41) is 0. The van der Waals surface area contributed by atoms with Crippen molar-refractivity contribution < 1.29 is 0 Å². The van der Waals surface area contributed by atoms with E-state index in [0.29, 0.717) is 0 Å². The average Bonchev–Trinajstić information content (AvgIpc) is 2.28. The van der Waals surface area contributed by atoms with Gasteiger partial charge in [0.2, 0.25) is 0 Å². The quantitative estimate of drug-likeness (QED) is 0.733. The summed E-state index contributed by atoms with van der Waals surface area (Å²) >= 11 is 2.38. The summed E-state index contributed by atoms with van der Waals surface area (Å²) in [5.41, 5.74) is 0. The van der Waals surface area contributed by atoms with Gasteiger partial charge in [-0.15, -0.1) is 0 Å². The van der Waals surface area contributed by atoms with E-state index < -0.39 is 0 Å². The minimum atomic E-state index is 1.29. The molecule has 11 heavy (non-hydrogen) atoms. The lowest BCUT2D eigenvalue weighted by Gasteiger charge is -2.18. The highest BCUT2D eigenvalue weighted by molar-refractivity contribution is 14.2. The Morgan fingerprint density at radius 3 is 2.27 bits per heavy atom. The summed E-state index contributed by atoms with van der Waals surface area (Å²) in [6.45, 7) is 3.99. The van der Waals surface area contributed by atoms with E-state index in [9.17, 15) is 0 Å². The fourth-order valence-corrected chi connectivity index (χ4v) is 2.44. The minimum absolute atomic E-state index is 1.29. The molecule has 1 heterocycles. The molecular weight excluding hydrogens is 269 g/mol. The van der Waals surface area contributed by atoms with Crippen molar-refractivity contribution in [1.29, 1.82) is 0 Å². The highest BCUT2D eigenvalue weighted by Crippen LogP contribution is 2.13. The van der Waals surface area contributed by atoms with Crippen LogP contribution >= 0.6 is 30.1 Å². The van der Waals surface area contributed by atoms with Crippen LogP contribution in [0.4, 0.5) is 0 Å². The Morgan fingerprint density at radius 1 is 1.09 bits per heavy atom. The van der Waals surface area contributed by atoms with E-state index in [4.69, 9.17) is 0 Å². The molecule has 0 radical (unpaired) electrons. The molecule has 0 saturated carbocycles. The van der Waals surface area contributed by atoms with Crippen LogP contribution < -0.4 is 0 Å². The lowest BCUT2D eigenvalue weighted by molar-refractivity contribution is 0.303. The van der Waals surface area contributed by atoms with Crippen LogP contribution in [0.2, 0.25) is 0 Å². The van der Waals surface area contributed by atoms with Crippen LogP contribution in [0.5, 0.6) is 0 Å². The molecule has 1 fully saturated rings. The Bertz CT molecular complexity index is 92.1. The number of hydrogen-bond acceptors (Lipinski definition) is 2. The first-order chi connectivity index (χ1) is 5.43. The number of nitrogens with zero attached hydrogens (tertiary/aromatic N) is 1. The first-order valence-electron chi connectivity index (χ1n) is 4.39. The predicted molar refractivity (Wildman–Crippen MR) is 61.4 cm³/mol. The lowest BCUT2D eigenvalue weighted by atomic mass is 10.2. The highest BCUT2D eigenvalue weighted by Gasteiger charge is 2.07. The van der Waals surface area contributed by atoms with Gasteiger partial charge in [0, 0.05) is 12.3 Å². The normalized spacial score (nSPS) is 21.5. The Labute approximate surface area is 85.9 Å². The molecule has 0 aromatic carbocycles. The van der Waals surface area contributed by atoms with E-state index in [1.165, 1.54) is 51.1 Å². The molecule has 3 heteroatoms. The zero-order valence-corrected chi connectivity index (χ0v) is 9.86. The van der Waals surface area contributed by atoms with Crippen molar-refractivity contribution in [3.8, 4) is 0 Å². The van der Waals surface area contributed by atoms with Crippen LogP contribution in [-0.4, -0.2) is 30.3 Å². The number of hydrogen-bond donors (Lipinski definition) is 0. The fourth-order valence-electron chi connectivity index (χ4n) is 1.52. The first-order valence-corrected chi connectivity index (χ1v) is 7.92. The van der Waals surface area contributed by atoms with E-state index in [-0.39, 0.29) is 0 Å². The molecule has 0 N–H and O–H groups in total. The third-order valence-corrected chi connectivity index (χ3v) is 3.84. The molecule has 0 aromatic heterocycles. The largest absolute Gasteiger partial charge is 0.302 e. The summed E-state index contributed by atoms with van der Waals surface area (Å²) in [6, 6.07) is 0. The molecule has 66 valence electrons. The topological polar surface area (TPSA) is 3.24 Å². The highest BCUT2D eigenvalue weighted by atomic mass is 127. The van der Waals surface area contributed by atoms with Gasteiger partial charge in [-0.1, -0.05) is 21.8 Å². The Balaban J connectivity index is 2.09. The summed E-state index contributed by atoms with van der Waals surface area (Å²) < 4.78 is 0. The van der Waals surface area contributed by atoms with Crippen LogP contribution in [0.1, 0.15) is 25.7 Å². The Morgan fingerprint density at radius 2 is 1.73 bits per heavy atom. The fraction of sp³-hybridized carbons (Fsp3) is 1.00. The molecule has 0 bridgehead atoms. The zero-order valence-electron chi connectivity index (χ0n) is 6.89. The summed E-state index contributed by atoms with van der Waals surface area (Å²) in [7, 11) is 1.93. The van der Waals surface area contributed by atoms with Crippen molar-refractivity contribution in [2.45, 2.75) is 25.7 Å². The van der Waals surface area contributed by atoms with Gasteiger partial charge < -0.3 is 4.90 Å². The minimum Gasteiger partial charge on any atom is -0.302 e. The van der Waals surface area contributed by atoms with Gasteiger partial charge in [0.05, 0.1) is 0 Å². The SMILES string of the molecule is ISCCN1CCCCCC1. The van der Waals surface area contributed by atoms with Crippen molar-refractivity contribution in [2.75, 3.05) is 25.4 Å². The maximum Gasteiger partial charge on any atom is 0.0161 e. The second kappa shape index (κ2) is 6.54. The van der Waals surface area contributed by atoms with Gasteiger partial charge in [-0.25, -0.2) is 0 Å². The van der Waals surface area contributed by atoms with Crippen LogP contribution in [0.15, 0.2) is 0 Å². The molecule has 0 amide bonds. The van der Waals surface area contributed by atoms with Gasteiger partial charge in [-0.05, 0) is 47.1 Å². The number of likely N-dealkylation sites (tertiary alicyclic amines) is 1. The molecule has 0 aromatic rings. The summed E-state index contributed by atoms with van der Waals surface area (Å²) in [4.78, 5) is 2.61. The van der Waals surface area contributed by atoms with E-state index in [2.05, 4.69) is 26.1 Å². The standard InChI is InChI=1S/C8H16INS/c9-11-8-7-10-5-3-1-2-4-6-10/h1-8H2. The van der Waals surface area contributed by atoms with Crippen molar-refractivity contribution in [2.24, 2.45) is 0 Å². The van der Waals surface area contributed by atoms with Crippen molar-refractivity contribution >= 4 is 30.1 Å². The second-order valence-corrected chi connectivity index (χ2v) is 5.56. The van der Waals surface area contributed by atoms with Crippen LogP contribution in [0.25, 0.3) is 0 Å². The molecule has 1 saturated heterocycles. The van der Waals surface area contributed by atoms with Gasteiger partial charge in [0.25, 0.3) is 0 Å². The molecule has 1 aliphatic rings. The molecule has 0 atom stereocenters. The first kappa shape index (κ1) is 10.1. The average molecular weight is 285 g/mol. The number of rotatable bonds is 3. The van der Waals surface area contributed by atoms with E-state index in [1.54, 1.807) is 0 Å². The third kappa shape index (κ3) is 4.58. The van der Waals surface area contributed by atoms with Gasteiger partial charge in [0.1, 0.15) is 0 Å². The third-order valence-electron chi connectivity index (χ3n) is 2.18. The lowest BCUT2D eigenvalue weighted by Crippen LogP contribution is -2.26. The summed E-state index contributed by atoms with van der Waals surface area (Å²) in [6.07, 6.45) is 5.75. The second-order valence-electron chi connectivity index (χ2n) is 3.07. The molecule has 0 unspecified atom stereocenters. The van der Waals surface area contributed by atoms with Crippen molar-refractivity contribution in [3.63, 3.8) is 0 Å². The van der Waals surface area contributed by atoms with Gasteiger partial charge in [0.15, 0.2) is 0 Å². The van der Waals surface area contributed by atoms with Gasteiger partial charge in [-0.2, -0.15) is 0 Å². The molecule has 1 nitrogen and oxygen atoms in total. The van der Waals surface area contributed by atoms with Crippen LogP contribution in [0.3, 0.4) is 0 Å². The molecule has 1 rings (SSSR count). The summed E-state index contributed by atoms with van der Waals surface area (Å²) in [5.74, 6) is 1.29.